The van der Waals surface area contributed by atoms with Crippen molar-refractivity contribution in [2.45, 2.75) is 51.6 Å². The molecule has 3 heteroatoms. The lowest BCUT2D eigenvalue weighted by molar-refractivity contribution is 0.516. The molecule has 2 nitrogen and oxygen atoms in total. The van der Waals surface area contributed by atoms with E-state index in [0.717, 1.165) is 17.4 Å². The number of benzene rings is 1. The van der Waals surface area contributed by atoms with Gasteiger partial charge in [-0.1, -0.05) is 15.9 Å². The van der Waals surface area contributed by atoms with Gasteiger partial charge >= 0.3 is 0 Å². The fraction of sp³-hybridized carbons (Fsp3) is 0.600. The van der Waals surface area contributed by atoms with E-state index >= 15 is 0 Å². The van der Waals surface area contributed by atoms with Gasteiger partial charge in [-0.3, -0.25) is 0 Å². The van der Waals surface area contributed by atoms with E-state index in [0.29, 0.717) is 0 Å². The predicted octanol–water partition coefficient (Wildman–Crippen LogP) is 3.72. The number of rotatable bonds is 3. The summed E-state index contributed by atoms with van der Waals surface area (Å²) in [5, 5.41) is 0. The summed E-state index contributed by atoms with van der Waals surface area (Å²) in [7, 11) is 0. The van der Waals surface area contributed by atoms with Gasteiger partial charge in [0.1, 0.15) is 0 Å². The van der Waals surface area contributed by atoms with Crippen LogP contribution in [0.15, 0.2) is 22.7 Å². The fourth-order valence-corrected chi connectivity index (χ4v) is 3.29. The zero-order chi connectivity index (χ0) is 13.3. The second-order valence-corrected chi connectivity index (χ2v) is 6.94. The number of halogens is 1. The molecule has 0 spiro atoms. The SMILES string of the molecule is CC(N)Cc1cc(Br)ccc1N1CCCC1(C)C. The molecule has 1 atom stereocenters. The maximum atomic E-state index is 5.98. The molecule has 1 aromatic carbocycles. The molecular formula is C15H23BrN2. The third kappa shape index (κ3) is 2.89. The van der Waals surface area contributed by atoms with Gasteiger partial charge in [-0.15, -0.1) is 0 Å². The van der Waals surface area contributed by atoms with E-state index in [1.54, 1.807) is 0 Å². The van der Waals surface area contributed by atoms with Crippen molar-refractivity contribution in [3.05, 3.63) is 28.2 Å². The van der Waals surface area contributed by atoms with Crippen molar-refractivity contribution in [2.24, 2.45) is 5.73 Å². The highest BCUT2D eigenvalue weighted by molar-refractivity contribution is 9.10. The average Bonchev–Trinajstić information content (AvgIpc) is 2.57. The molecule has 0 aliphatic carbocycles. The molecule has 0 radical (unpaired) electrons. The van der Waals surface area contributed by atoms with Crippen molar-refractivity contribution < 1.29 is 0 Å². The lowest BCUT2D eigenvalue weighted by Crippen LogP contribution is -2.39. The Balaban J connectivity index is 2.37. The van der Waals surface area contributed by atoms with Crippen LogP contribution in [0.25, 0.3) is 0 Å². The van der Waals surface area contributed by atoms with Gasteiger partial charge < -0.3 is 10.6 Å². The molecule has 2 N–H and O–H groups in total. The van der Waals surface area contributed by atoms with E-state index in [4.69, 9.17) is 5.73 Å². The summed E-state index contributed by atoms with van der Waals surface area (Å²) in [6.07, 6.45) is 3.47. The summed E-state index contributed by atoms with van der Waals surface area (Å²) in [5.74, 6) is 0. The van der Waals surface area contributed by atoms with Gasteiger partial charge in [0.15, 0.2) is 0 Å². The van der Waals surface area contributed by atoms with Crippen molar-refractivity contribution >= 4 is 21.6 Å². The van der Waals surface area contributed by atoms with Crippen molar-refractivity contribution in [3.63, 3.8) is 0 Å². The quantitative estimate of drug-likeness (QED) is 0.922. The van der Waals surface area contributed by atoms with Gasteiger partial charge in [-0.05, 0) is 63.8 Å². The summed E-state index contributed by atoms with van der Waals surface area (Å²) < 4.78 is 1.14. The van der Waals surface area contributed by atoms with Crippen LogP contribution in [0.3, 0.4) is 0 Å². The molecule has 0 aromatic heterocycles. The minimum absolute atomic E-state index is 0.198. The lowest BCUT2D eigenvalue weighted by atomic mass is 9.99. The maximum absolute atomic E-state index is 5.98. The standard InChI is InChI=1S/C15H23BrN2/c1-11(17)9-12-10-13(16)5-6-14(12)18-8-4-7-15(18,2)3/h5-6,10-11H,4,7-9,17H2,1-3H3. The highest BCUT2D eigenvalue weighted by Gasteiger charge is 2.33. The first-order valence-electron chi connectivity index (χ1n) is 6.72. The Hall–Kier alpha value is -0.540. The van der Waals surface area contributed by atoms with E-state index in [9.17, 15) is 0 Å². The Bertz CT molecular complexity index is 427. The second-order valence-electron chi connectivity index (χ2n) is 6.02. The highest BCUT2D eigenvalue weighted by atomic mass is 79.9. The molecule has 1 aliphatic heterocycles. The maximum Gasteiger partial charge on any atom is 0.0404 e. The summed E-state index contributed by atoms with van der Waals surface area (Å²) in [5.41, 5.74) is 8.96. The van der Waals surface area contributed by atoms with Crippen LogP contribution < -0.4 is 10.6 Å². The molecule has 2 rings (SSSR count). The average molecular weight is 311 g/mol. The monoisotopic (exact) mass is 310 g/mol. The fourth-order valence-electron chi connectivity index (χ4n) is 2.88. The molecule has 1 aromatic rings. The van der Waals surface area contributed by atoms with Crippen LogP contribution in [0.4, 0.5) is 5.69 Å². The van der Waals surface area contributed by atoms with E-state index in [2.05, 4.69) is 59.8 Å². The molecule has 0 saturated carbocycles. The highest BCUT2D eigenvalue weighted by Crippen LogP contribution is 2.36. The van der Waals surface area contributed by atoms with Crippen LogP contribution in [0.5, 0.6) is 0 Å². The van der Waals surface area contributed by atoms with Crippen LogP contribution >= 0.6 is 15.9 Å². The molecular weight excluding hydrogens is 288 g/mol. The normalized spacial score (nSPS) is 20.2. The summed E-state index contributed by atoms with van der Waals surface area (Å²) >= 11 is 3.56. The molecule has 1 heterocycles. The third-order valence-electron chi connectivity index (χ3n) is 3.78. The van der Waals surface area contributed by atoms with Gasteiger partial charge in [0.05, 0.1) is 0 Å². The van der Waals surface area contributed by atoms with E-state index in [1.807, 2.05) is 0 Å². The zero-order valence-corrected chi connectivity index (χ0v) is 13.1. The second kappa shape index (κ2) is 5.22. The van der Waals surface area contributed by atoms with Crippen molar-refractivity contribution in [3.8, 4) is 0 Å². The van der Waals surface area contributed by atoms with Crippen molar-refractivity contribution in [2.75, 3.05) is 11.4 Å². The third-order valence-corrected chi connectivity index (χ3v) is 4.27. The van der Waals surface area contributed by atoms with Gasteiger partial charge in [0.25, 0.3) is 0 Å². The van der Waals surface area contributed by atoms with E-state index < -0.39 is 0 Å². The number of anilines is 1. The molecule has 1 saturated heterocycles. The number of hydrogen-bond donors (Lipinski definition) is 1. The van der Waals surface area contributed by atoms with Crippen LogP contribution in [0.2, 0.25) is 0 Å². The minimum atomic E-state index is 0.198. The molecule has 100 valence electrons. The Morgan fingerprint density at radius 3 is 2.72 bits per heavy atom. The molecule has 1 fully saturated rings. The molecule has 0 amide bonds. The van der Waals surface area contributed by atoms with Gasteiger partial charge in [-0.2, -0.15) is 0 Å². The van der Waals surface area contributed by atoms with Crippen molar-refractivity contribution in [1.82, 2.24) is 0 Å². The topological polar surface area (TPSA) is 29.3 Å². The molecule has 18 heavy (non-hydrogen) atoms. The van der Waals surface area contributed by atoms with Crippen LogP contribution in [0.1, 0.15) is 39.2 Å². The number of nitrogens with zero attached hydrogens (tertiary/aromatic N) is 1. The Kier molecular flexibility index (Phi) is 4.02. The molecule has 1 unspecified atom stereocenters. The summed E-state index contributed by atoms with van der Waals surface area (Å²) in [6.45, 7) is 7.88. The van der Waals surface area contributed by atoms with Gasteiger partial charge in [0.2, 0.25) is 0 Å². The van der Waals surface area contributed by atoms with Crippen LogP contribution in [0, 0.1) is 0 Å². The lowest BCUT2D eigenvalue weighted by Gasteiger charge is -2.35. The first-order chi connectivity index (χ1) is 8.40. The first kappa shape index (κ1) is 13.9. The van der Waals surface area contributed by atoms with Crippen LogP contribution in [-0.4, -0.2) is 18.1 Å². The Labute approximate surface area is 119 Å². The largest absolute Gasteiger partial charge is 0.366 e. The predicted molar refractivity (Wildman–Crippen MR) is 82.2 cm³/mol. The zero-order valence-electron chi connectivity index (χ0n) is 11.5. The summed E-state index contributed by atoms with van der Waals surface area (Å²) in [4.78, 5) is 2.54. The van der Waals surface area contributed by atoms with Gasteiger partial charge in [0, 0.05) is 28.3 Å². The number of hydrogen-bond acceptors (Lipinski definition) is 2. The van der Waals surface area contributed by atoms with Gasteiger partial charge in [-0.25, -0.2) is 0 Å². The first-order valence-corrected chi connectivity index (χ1v) is 7.51. The van der Waals surface area contributed by atoms with E-state index in [1.165, 1.54) is 24.1 Å². The van der Waals surface area contributed by atoms with Crippen molar-refractivity contribution in [1.29, 1.82) is 0 Å². The van der Waals surface area contributed by atoms with Crippen LogP contribution in [-0.2, 0) is 6.42 Å². The smallest absolute Gasteiger partial charge is 0.0404 e. The Morgan fingerprint density at radius 2 is 2.17 bits per heavy atom. The molecule has 1 aliphatic rings. The minimum Gasteiger partial charge on any atom is -0.366 e. The van der Waals surface area contributed by atoms with E-state index in [-0.39, 0.29) is 11.6 Å². The summed E-state index contributed by atoms with van der Waals surface area (Å²) in [6, 6.07) is 6.78. The Morgan fingerprint density at radius 1 is 1.44 bits per heavy atom. The number of nitrogens with two attached hydrogens (primary N) is 1. The molecule has 0 bridgehead atoms.